The van der Waals surface area contributed by atoms with Gasteiger partial charge in [0.05, 0.1) is 18.7 Å². The molecule has 2 aliphatic rings. The van der Waals surface area contributed by atoms with E-state index >= 15 is 0 Å². The molecular weight excluding hydrogens is 342 g/mol. The first-order chi connectivity index (χ1) is 13.2. The highest BCUT2D eigenvalue weighted by molar-refractivity contribution is 5.99. The molecule has 27 heavy (non-hydrogen) atoms. The van der Waals surface area contributed by atoms with Crippen LogP contribution in [0.2, 0.25) is 0 Å². The SMILES string of the molecule is COCCc1nc(CC2NC(=O)c3ccccc32)n(C2CCN(C)CC2)n1. The van der Waals surface area contributed by atoms with Gasteiger partial charge in [0.15, 0.2) is 5.82 Å². The van der Waals surface area contributed by atoms with Crippen LogP contribution in [0.3, 0.4) is 0 Å². The Morgan fingerprint density at radius 2 is 2.04 bits per heavy atom. The van der Waals surface area contributed by atoms with E-state index in [0.29, 0.717) is 25.5 Å². The standard InChI is InChI=1S/C20H27N5O2/c1-24-10-7-14(8-11-24)25-19(22-18(23-25)9-12-27-2)13-17-15-5-3-4-6-16(15)20(26)21-17/h3-6,14,17H,7-13H2,1-2H3,(H,21,26). The molecule has 1 fully saturated rings. The van der Waals surface area contributed by atoms with E-state index in [4.69, 9.17) is 14.8 Å². The zero-order chi connectivity index (χ0) is 18.8. The van der Waals surface area contributed by atoms with Crippen LogP contribution >= 0.6 is 0 Å². The van der Waals surface area contributed by atoms with Crippen LogP contribution in [0, 0.1) is 0 Å². The summed E-state index contributed by atoms with van der Waals surface area (Å²) in [4.78, 5) is 19.4. The third-order valence-corrected chi connectivity index (χ3v) is 5.58. The van der Waals surface area contributed by atoms with Crippen LogP contribution in [0.4, 0.5) is 0 Å². The molecule has 0 saturated carbocycles. The topological polar surface area (TPSA) is 72.3 Å². The highest BCUT2D eigenvalue weighted by Gasteiger charge is 2.31. The Morgan fingerprint density at radius 3 is 2.81 bits per heavy atom. The minimum absolute atomic E-state index is 0.000521. The van der Waals surface area contributed by atoms with Crippen LogP contribution in [0.15, 0.2) is 24.3 Å². The first-order valence-corrected chi connectivity index (χ1v) is 9.67. The quantitative estimate of drug-likeness (QED) is 0.840. The fourth-order valence-corrected chi connectivity index (χ4v) is 4.04. The van der Waals surface area contributed by atoms with Gasteiger partial charge in [-0.1, -0.05) is 18.2 Å². The summed E-state index contributed by atoms with van der Waals surface area (Å²) < 4.78 is 7.31. The van der Waals surface area contributed by atoms with Gasteiger partial charge in [0.2, 0.25) is 0 Å². The maximum absolute atomic E-state index is 12.3. The zero-order valence-electron chi connectivity index (χ0n) is 16.0. The molecule has 0 spiro atoms. The van der Waals surface area contributed by atoms with Crippen molar-refractivity contribution in [2.24, 2.45) is 0 Å². The maximum Gasteiger partial charge on any atom is 0.252 e. The van der Waals surface area contributed by atoms with Crippen molar-refractivity contribution in [1.29, 1.82) is 0 Å². The van der Waals surface area contributed by atoms with E-state index in [1.54, 1.807) is 7.11 Å². The van der Waals surface area contributed by atoms with Crippen LogP contribution in [0.5, 0.6) is 0 Å². The molecule has 7 nitrogen and oxygen atoms in total. The second-order valence-corrected chi connectivity index (χ2v) is 7.48. The number of aromatic nitrogens is 3. The van der Waals surface area contributed by atoms with Gasteiger partial charge in [-0.2, -0.15) is 5.10 Å². The molecule has 4 rings (SSSR count). The van der Waals surface area contributed by atoms with Crippen molar-refractivity contribution in [3.63, 3.8) is 0 Å². The third-order valence-electron chi connectivity index (χ3n) is 5.58. The summed E-state index contributed by atoms with van der Waals surface area (Å²) in [7, 11) is 3.85. The number of amides is 1. The van der Waals surface area contributed by atoms with Gasteiger partial charge in [0.25, 0.3) is 5.91 Å². The Labute approximate surface area is 159 Å². The molecular formula is C20H27N5O2. The molecule has 7 heteroatoms. The second kappa shape index (κ2) is 7.78. The number of piperidine rings is 1. The lowest BCUT2D eigenvalue weighted by Gasteiger charge is -2.29. The lowest BCUT2D eigenvalue weighted by molar-refractivity contribution is 0.0955. The Morgan fingerprint density at radius 1 is 1.26 bits per heavy atom. The Kier molecular flexibility index (Phi) is 5.22. The maximum atomic E-state index is 12.3. The summed E-state index contributed by atoms with van der Waals surface area (Å²) in [6.07, 6.45) is 3.51. The minimum Gasteiger partial charge on any atom is -0.384 e. The Balaban J connectivity index is 1.59. The molecule has 0 radical (unpaired) electrons. The zero-order valence-corrected chi connectivity index (χ0v) is 16.0. The van der Waals surface area contributed by atoms with Crippen molar-refractivity contribution in [2.45, 2.75) is 37.8 Å². The predicted octanol–water partition coefficient (Wildman–Crippen LogP) is 1.76. The number of fused-ring (bicyclic) bond motifs is 1. The van der Waals surface area contributed by atoms with Gasteiger partial charge >= 0.3 is 0 Å². The molecule has 2 aliphatic heterocycles. The molecule has 1 N–H and O–H groups in total. The molecule has 1 unspecified atom stereocenters. The van der Waals surface area contributed by atoms with Crippen molar-refractivity contribution in [2.75, 3.05) is 33.9 Å². The average Bonchev–Trinajstić information content (AvgIpc) is 3.23. The van der Waals surface area contributed by atoms with E-state index in [1.165, 1.54) is 0 Å². The fraction of sp³-hybridized carbons (Fsp3) is 0.550. The highest BCUT2D eigenvalue weighted by Crippen LogP contribution is 2.29. The number of ether oxygens (including phenoxy) is 1. The van der Waals surface area contributed by atoms with Crippen molar-refractivity contribution in [3.8, 4) is 0 Å². The molecule has 1 amide bonds. The first kappa shape index (κ1) is 18.1. The lowest BCUT2D eigenvalue weighted by Crippen LogP contribution is -2.33. The number of methoxy groups -OCH3 is 1. The summed E-state index contributed by atoms with van der Waals surface area (Å²) in [6.45, 7) is 2.75. The monoisotopic (exact) mass is 369 g/mol. The van der Waals surface area contributed by atoms with E-state index in [0.717, 1.165) is 48.7 Å². The van der Waals surface area contributed by atoms with Crippen LogP contribution < -0.4 is 5.32 Å². The average molecular weight is 369 g/mol. The summed E-state index contributed by atoms with van der Waals surface area (Å²) >= 11 is 0. The van der Waals surface area contributed by atoms with E-state index < -0.39 is 0 Å². The number of hydrogen-bond acceptors (Lipinski definition) is 5. The summed E-state index contributed by atoms with van der Waals surface area (Å²) in [6, 6.07) is 8.13. The Bertz CT molecular complexity index is 810. The number of benzene rings is 1. The number of nitrogens with zero attached hydrogens (tertiary/aromatic N) is 4. The minimum atomic E-state index is -0.0433. The van der Waals surface area contributed by atoms with E-state index in [1.807, 2.05) is 24.3 Å². The van der Waals surface area contributed by atoms with E-state index in [9.17, 15) is 4.79 Å². The summed E-state index contributed by atoms with van der Waals surface area (Å²) in [5.41, 5.74) is 1.83. The molecule has 1 saturated heterocycles. The fourth-order valence-electron chi connectivity index (χ4n) is 4.04. The molecule has 1 aromatic heterocycles. The Hall–Kier alpha value is -2.25. The van der Waals surface area contributed by atoms with Gasteiger partial charge in [-0.15, -0.1) is 0 Å². The lowest BCUT2D eigenvalue weighted by atomic mass is 10.0. The van der Waals surface area contributed by atoms with E-state index in [2.05, 4.69) is 21.9 Å². The molecule has 144 valence electrons. The summed E-state index contributed by atoms with van der Waals surface area (Å²) in [5.74, 6) is 1.78. The van der Waals surface area contributed by atoms with Crippen LogP contribution in [-0.4, -0.2) is 59.4 Å². The number of nitrogens with one attached hydrogen (secondary N) is 1. The number of carbonyl (C=O) groups is 1. The van der Waals surface area contributed by atoms with E-state index in [-0.39, 0.29) is 11.9 Å². The molecule has 0 bridgehead atoms. The van der Waals surface area contributed by atoms with Crippen molar-refractivity contribution in [1.82, 2.24) is 25.0 Å². The normalized spacial score (nSPS) is 20.7. The van der Waals surface area contributed by atoms with Crippen LogP contribution in [0.1, 0.15) is 52.5 Å². The highest BCUT2D eigenvalue weighted by atomic mass is 16.5. The van der Waals surface area contributed by atoms with Crippen LogP contribution in [-0.2, 0) is 17.6 Å². The smallest absolute Gasteiger partial charge is 0.252 e. The summed E-state index contributed by atoms with van der Waals surface area (Å²) in [5, 5.41) is 7.91. The molecule has 1 aromatic carbocycles. The largest absolute Gasteiger partial charge is 0.384 e. The first-order valence-electron chi connectivity index (χ1n) is 9.67. The number of hydrogen-bond donors (Lipinski definition) is 1. The molecule has 3 heterocycles. The van der Waals surface area contributed by atoms with Crippen molar-refractivity contribution < 1.29 is 9.53 Å². The molecule has 1 atom stereocenters. The van der Waals surface area contributed by atoms with Gasteiger partial charge < -0.3 is 15.0 Å². The number of carbonyl (C=O) groups excluding carboxylic acids is 1. The molecule has 2 aromatic rings. The van der Waals surface area contributed by atoms with Gasteiger partial charge in [-0.25, -0.2) is 9.67 Å². The number of rotatable bonds is 6. The molecule has 0 aliphatic carbocycles. The van der Waals surface area contributed by atoms with Crippen LogP contribution in [0.25, 0.3) is 0 Å². The van der Waals surface area contributed by atoms with Crippen molar-refractivity contribution >= 4 is 5.91 Å². The third kappa shape index (κ3) is 3.75. The van der Waals surface area contributed by atoms with Gasteiger partial charge in [-0.05, 0) is 44.6 Å². The van der Waals surface area contributed by atoms with Crippen molar-refractivity contribution in [3.05, 3.63) is 47.0 Å². The van der Waals surface area contributed by atoms with Gasteiger partial charge in [-0.3, -0.25) is 4.79 Å². The van der Waals surface area contributed by atoms with Gasteiger partial charge in [0.1, 0.15) is 5.82 Å². The van der Waals surface area contributed by atoms with Gasteiger partial charge in [0, 0.05) is 25.5 Å². The predicted molar refractivity (Wildman–Crippen MR) is 102 cm³/mol. The second-order valence-electron chi connectivity index (χ2n) is 7.48. The number of likely N-dealkylation sites (tertiary alicyclic amines) is 1.